The number of carboxylic acids is 1. The van der Waals surface area contributed by atoms with Gasteiger partial charge in [-0.25, -0.2) is 4.79 Å². The lowest BCUT2D eigenvalue weighted by molar-refractivity contribution is -0.204. The summed E-state index contributed by atoms with van der Waals surface area (Å²) in [6.07, 6.45) is 18.4. The van der Waals surface area contributed by atoms with Crippen molar-refractivity contribution in [2.45, 2.75) is 104 Å². The monoisotopic (exact) mass is 615 g/mol. The van der Waals surface area contributed by atoms with E-state index in [1.807, 2.05) is 6.08 Å². The minimum atomic E-state index is -0.840. The third-order valence-corrected chi connectivity index (χ3v) is 16.0. The Labute approximate surface area is 264 Å². The SMILES string of the molecule is CC12CCC3C(C)(CCN(C/C=C/C(=O)O)C3(C)C)C1CCC1C2CCC2(CNCCCN3CCS(=O)CC3)CCC[C@H]12. The zero-order valence-electron chi connectivity index (χ0n) is 27.7. The molecule has 0 aromatic heterocycles. The van der Waals surface area contributed by atoms with E-state index in [4.69, 9.17) is 5.11 Å². The summed E-state index contributed by atoms with van der Waals surface area (Å²) in [7, 11) is -0.577. The molecule has 6 nitrogen and oxygen atoms in total. The number of carboxylic acid groups (broad SMARTS) is 1. The highest BCUT2D eigenvalue weighted by molar-refractivity contribution is 7.85. The van der Waals surface area contributed by atoms with E-state index in [1.54, 1.807) is 0 Å². The summed E-state index contributed by atoms with van der Waals surface area (Å²) in [5, 5.41) is 13.1. The van der Waals surface area contributed by atoms with Gasteiger partial charge in [0.2, 0.25) is 0 Å². The van der Waals surface area contributed by atoms with Crippen LogP contribution in [0.25, 0.3) is 0 Å². The number of nitrogens with zero attached hydrogens (tertiary/aromatic N) is 2. The van der Waals surface area contributed by atoms with Crippen LogP contribution >= 0.6 is 0 Å². The lowest BCUT2D eigenvalue weighted by Crippen LogP contribution is -2.67. The zero-order valence-corrected chi connectivity index (χ0v) is 28.6. The second kappa shape index (κ2) is 12.4. The van der Waals surface area contributed by atoms with Crippen molar-refractivity contribution in [3.05, 3.63) is 12.2 Å². The normalized spacial score (nSPS) is 43.6. The van der Waals surface area contributed by atoms with Crippen molar-refractivity contribution in [2.24, 2.45) is 45.8 Å². The van der Waals surface area contributed by atoms with Crippen molar-refractivity contribution in [2.75, 3.05) is 57.3 Å². The summed E-state index contributed by atoms with van der Waals surface area (Å²) < 4.78 is 11.7. The molecule has 0 amide bonds. The van der Waals surface area contributed by atoms with E-state index in [0.29, 0.717) is 22.2 Å². The molecule has 2 saturated heterocycles. The van der Waals surface area contributed by atoms with Gasteiger partial charge >= 0.3 is 5.97 Å². The molecule has 6 aliphatic rings. The molecule has 0 spiro atoms. The van der Waals surface area contributed by atoms with E-state index in [2.05, 4.69) is 42.8 Å². The Morgan fingerprint density at radius 3 is 2.47 bits per heavy atom. The summed E-state index contributed by atoms with van der Waals surface area (Å²) in [5.41, 5.74) is 1.48. The Morgan fingerprint density at radius 2 is 1.70 bits per heavy atom. The predicted octanol–water partition coefficient (Wildman–Crippen LogP) is 5.80. The van der Waals surface area contributed by atoms with Gasteiger partial charge in [0.05, 0.1) is 0 Å². The molecule has 7 unspecified atom stereocenters. The van der Waals surface area contributed by atoms with E-state index in [-0.39, 0.29) is 5.54 Å². The Hall–Kier alpha value is -0.760. The second-order valence-electron chi connectivity index (χ2n) is 16.7. The average Bonchev–Trinajstić information content (AvgIpc) is 3.39. The molecule has 0 aromatic rings. The number of nitrogens with one attached hydrogen (secondary N) is 1. The molecule has 4 aliphatic carbocycles. The van der Waals surface area contributed by atoms with Crippen LogP contribution in [0.3, 0.4) is 0 Å². The molecule has 4 saturated carbocycles. The maximum atomic E-state index is 11.7. The van der Waals surface area contributed by atoms with Crippen molar-refractivity contribution >= 4 is 16.8 Å². The third-order valence-electron chi connectivity index (χ3n) is 14.7. The highest BCUT2D eigenvalue weighted by Crippen LogP contribution is 2.71. The summed E-state index contributed by atoms with van der Waals surface area (Å²) in [5.74, 6) is 5.10. The Kier molecular flexibility index (Phi) is 9.32. The standard InChI is InChI=1S/C36H61N3O3S/c1-33(2)30-13-15-34(3)28-12-16-36(26-37-18-7-19-38-22-24-43(42)25-23-38)14-5-8-29(36)27(28)10-11-31(34)35(30,4)17-21-39(33)20-6-9-32(40)41/h6,9,27-31,37H,5,7-8,10-26H2,1-4H3,(H,40,41)/b9-6+/t27?,28?,29-,30?,31?,34?,35?,36?/m1/s1. The topological polar surface area (TPSA) is 72.9 Å². The molecule has 7 heteroatoms. The molecule has 2 heterocycles. The number of rotatable bonds is 9. The summed E-state index contributed by atoms with van der Waals surface area (Å²) in [6, 6.07) is 0. The molecule has 0 bridgehead atoms. The number of aliphatic carboxylic acids is 1. The van der Waals surface area contributed by atoms with Gasteiger partial charge in [-0.3, -0.25) is 9.11 Å². The number of fused-ring (bicyclic) bond motifs is 7. The van der Waals surface area contributed by atoms with Gasteiger partial charge in [-0.2, -0.15) is 0 Å². The highest BCUT2D eigenvalue weighted by atomic mass is 32.2. The lowest BCUT2D eigenvalue weighted by atomic mass is 9.38. The van der Waals surface area contributed by atoms with Crippen LogP contribution in [0.15, 0.2) is 12.2 Å². The van der Waals surface area contributed by atoms with Crippen LogP contribution in [0, 0.1) is 45.8 Å². The molecule has 0 aromatic carbocycles. The van der Waals surface area contributed by atoms with Crippen LogP contribution in [0.4, 0.5) is 0 Å². The van der Waals surface area contributed by atoms with Crippen LogP contribution in [0.5, 0.6) is 0 Å². The van der Waals surface area contributed by atoms with Gasteiger partial charge in [0.25, 0.3) is 0 Å². The van der Waals surface area contributed by atoms with Crippen molar-refractivity contribution in [3.63, 3.8) is 0 Å². The van der Waals surface area contributed by atoms with Gasteiger partial charge in [-0.1, -0.05) is 26.3 Å². The first-order valence-electron chi connectivity index (χ1n) is 17.9. The van der Waals surface area contributed by atoms with Gasteiger partial charge in [0.15, 0.2) is 0 Å². The Balaban J connectivity index is 1.09. The molecule has 8 atom stereocenters. The van der Waals surface area contributed by atoms with Crippen molar-refractivity contribution in [1.29, 1.82) is 0 Å². The summed E-state index contributed by atoms with van der Waals surface area (Å²) >= 11 is 0. The number of hydrogen-bond donors (Lipinski definition) is 2. The lowest BCUT2D eigenvalue weighted by Gasteiger charge is -2.70. The molecule has 6 rings (SSSR count). The molecule has 244 valence electrons. The van der Waals surface area contributed by atoms with Crippen LogP contribution in [0.2, 0.25) is 0 Å². The molecular formula is C36H61N3O3S. The fourth-order valence-electron chi connectivity index (χ4n) is 12.7. The first kappa shape index (κ1) is 32.2. The maximum absolute atomic E-state index is 11.7. The van der Waals surface area contributed by atoms with Crippen LogP contribution in [-0.2, 0) is 15.6 Å². The fraction of sp³-hybridized carbons (Fsp3) is 0.917. The third kappa shape index (κ3) is 5.84. The van der Waals surface area contributed by atoms with Gasteiger partial charge in [0, 0.05) is 60.1 Å². The molecule has 6 fully saturated rings. The molecule has 43 heavy (non-hydrogen) atoms. The number of likely N-dealkylation sites (tertiary alicyclic amines) is 1. The molecule has 2 N–H and O–H groups in total. The van der Waals surface area contributed by atoms with Crippen LogP contribution in [0.1, 0.15) is 98.3 Å². The number of hydrogen-bond acceptors (Lipinski definition) is 5. The molecular weight excluding hydrogens is 554 g/mol. The largest absolute Gasteiger partial charge is 0.478 e. The first-order valence-corrected chi connectivity index (χ1v) is 19.4. The minimum absolute atomic E-state index is 0.0969. The quantitative estimate of drug-likeness (QED) is 0.252. The Bertz CT molecular complexity index is 1070. The van der Waals surface area contributed by atoms with Crippen molar-refractivity contribution < 1.29 is 14.1 Å². The van der Waals surface area contributed by atoms with Crippen molar-refractivity contribution in [3.8, 4) is 0 Å². The number of carbonyl (C=O) groups is 1. The van der Waals surface area contributed by atoms with Crippen LogP contribution < -0.4 is 5.32 Å². The highest BCUT2D eigenvalue weighted by Gasteiger charge is 2.65. The fourth-order valence-corrected chi connectivity index (χ4v) is 13.8. The molecule has 0 radical (unpaired) electrons. The maximum Gasteiger partial charge on any atom is 0.328 e. The smallest absolute Gasteiger partial charge is 0.328 e. The van der Waals surface area contributed by atoms with Gasteiger partial charge < -0.3 is 15.3 Å². The van der Waals surface area contributed by atoms with E-state index in [9.17, 15) is 9.00 Å². The average molecular weight is 616 g/mol. The molecule has 2 aliphatic heterocycles. The summed E-state index contributed by atoms with van der Waals surface area (Å²) in [4.78, 5) is 16.2. The van der Waals surface area contributed by atoms with E-state index in [1.165, 1.54) is 83.2 Å². The van der Waals surface area contributed by atoms with E-state index in [0.717, 1.165) is 74.4 Å². The Morgan fingerprint density at radius 1 is 0.907 bits per heavy atom. The second-order valence-corrected chi connectivity index (χ2v) is 18.4. The van der Waals surface area contributed by atoms with Gasteiger partial charge in [0.1, 0.15) is 0 Å². The van der Waals surface area contributed by atoms with Gasteiger partial charge in [-0.05, 0) is 144 Å². The van der Waals surface area contributed by atoms with Crippen LogP contribution in [-0.4, -0.2) is 87.9 Å². The van der Waals surface area contributed by atoms with Crippen molar-refractivity contribution in [1.82, 2.24) is 15.1 Å². The first-order chi connectivity index (χ1) is 20.5. The van der Waals surface area contributed by atoms with E-state index < -0.39 is 16.8 Å². The summed E-state index contributed by atoms with van der Waals surface area (Å²) in [6.45, 7) is 17.7. The minimum Gasteiger partial charge on any atom is -0.478 e. The number of piperidine rings is 1. The zero-order chi connectivity index (χ0) is 30.5. The van der Waals surface area contributed by atoms with Gasteiger partial charge in [-0.15, -0.1) is 0 Å². The van der Waals surface area contributed by atoms with E-state index >= 15 is 0 Å². The predicted molar refractivity (Wildman–Crippen MR) is 176 cm³/mol.